The van der Waals surface area contributed by atoms with Crippen molar-refractivity contribution in [2.24, 2.45) is 7.05 Å². The van der Waals surface area contributed by atoms with E-state index >= 15 is 0 Å². The number of nitro benzene ring substituents is 1. The molecule has 0 amide bonds. The summed E-state index contributed by atoms with van der Waals surface area (Å²) in [6.07, 6.45) is -4.95. The molecule has 0 spiro atoms. The zero-order valence-electron chi connectivity index (χ0n) is 11.6. The molecule has 2 aromatic rings. The standard InChI is InChI=1S/C12H6Cl2F3N3O4/c1-18-8(12(15,16)17)4-9(21)19(11(18)22)7-3-5(13)2-6(14)10(7)20(23)24/h2-4H,1H3. The minimum atomic E-state index is -4.95. The number of hydrogen-bond acceptors (Lipinski definition) is 4. The highest BCUT2D eigenvalue weighted by atomic mass is 35.5. The van der Waals surface area contributed by atoms with Gasteiger partial charge in [0.25, 0.3) is 5.56 Å². The molecule has 0 aliphatic carbocycles. The van der Waals surface area contributed by atoms with Crippen LogP contribution in [0.1, 0.15) is 5.69 Å². The topological polar surface area (TPSA) is 87.1 Å². The van der Waals surface area contributed by atoms with Gasteiger partial charge in [-0.15, -0.1) is 0 Å². The predicted octanol–water partition coefficient (Wildman–Crippen LogP) is 2.77. The van der Waals surface area contributed by atoms with Crippen LogP contribution in [-0.4, -0.2) is 14.1 Å². The summed E-state index contributed by atoms with van der Waals surface area (Å²) in [5, 5.41) is 10.5. The van der Waals surface area contributed by atoms with Crippen LogP contribution in [0.5, 0.6) is 0 Å². The van der Waals surface area contributed by atoms with Crippen LogP contribution in [0.4, 0.5) is 18.9 Å². The molecule has 0 atom stereocenters. The molecular formula is C12H6Cl2F3N3O4. The number of rotatable bonds is 2. The Hall–Kier alpha value is -2.33. The number of benzene rings is 1. The molecule has 0 saturated heterocycles. The normalized spacial score (nSPS) is 11.6. The molecule has 1 aromatic heterocycles. The zero-order valence-corrected chi connectivity index (χ0v) is 13.1. The number of aromatic nitrogens is 2. The SMILES string of the molecule is Cn1c(C(F)(F)F)cc(=O)n(-c2cc(Cl)cc(Cl)c2[N+](=O)[O-])c1=O. The van der Waals surface area contributed by atoms with Crippen molar-refractivity contribution in [1.29, 1.82) is 0 Å². The van der Waals surface area contributed by atoms with Crippen molar-refractivity contribution in [3.8, 4) is 5.69 Å². The molecular weight excluding hydrogens is 378 g/mol. The molecule has 0 aliphatic heterocycles. The van der Waals surface area contributed by atoms with Crippen molar-refractivity contribution < 1.29 is 18.1 Å². The van der Waals surface area contributed by atoms with E-state index in [-0.39, 0.29) is 20.2 Å². The highest BCUT2D eigenvalue weighted by Crippen LogP contribution is 2.33. The van der Waals surface area contributed by atoms with Crippen LogP contribution in [0.2, 0.25) is 10.0 Å². The third kappa shape index (κ3) is 3.02. The number of halogens is 5. The maximum absolute atomic E-state index is 12.8. The molecule has 7 nitrogen and oxygen atoms in total. The quantitative estimate of drug-likeness (QED) is 0.589. The molecule has 12 heteroatoms. The van der Waals surface area contributed by atoms with E-state index in [0.717, 1.165) is 19.2 Å². The Labute approximate surface area is 140 Å². The fourth-order valence-corrected chi connectivity index (χ4v) is 2.57. The second-order valence-corrected chi connectivity index (χ2v) is 5.40. The average Bonchev–Trinajstić information content (AvgIpc) is 2.40. The third-order valence-corrected chi connectivity index (χ3v) is 3.55. The van der Waals surface area contributed by atoms with E-state index in [0.29, 0.717) is 0 Å². The number of nitro groups is 1. The summed E-state index contributed by atoms with van der Waals surface area (Å²) in [6.45, 7) is 0. The van der Waals surface area contributed by atoms with E-state index in [2.05, 4.69) is 0 Å². The lowest BCUT2D eigenvalue weighted by atomic mass is 10.2. The Morgan fingerprint density at radius 2 is 1.75 bits per heavy atom. The van der Waals surface area contributed by atoms with Crippen molar-refractivity contribution in [3.05, 3.63) is 64.9 Å². The Balaban J connectivity index is 2.96. The van der Waals surface area contributed by atoms with Crippen LogP contribution < -0.4 is 11.2 Å². The van der Waals surface area contributed by atoms with Crippen molar-refractivity contribution >= 4 is 28.9 Å². The maximum atomic E-state index is 12.8. The average molecular weight is 384 g/mol. The first-order valence-electron chi connectivity index (χ1n) is 5.99. The fourth-order valence-electron chi connectivity index (χ4n) is 2.02. The summed E-state index contributed by atoms with van der Waals surface area (Å²) in [4.78, 5) is 34.3. The van der Waals surface area contributed by atoms with E-state index in [1.807, 2.05) is 0 Å². The first kappa shape index (κ1) is 18.0. The zero-order chi connectivity index (χ0) is 18.4. The Morgan fingerprint density at radius 1 is 1.17 bits per heavy atom. The maximum Gasteiger partial charge on any atom is 0.431 e. The molecule has 0 N–H and O–H groups in total. The van der Waals surface area contributed by atoms with Crippen LogP contribution >= 0.6 is 23.2 Å². The number of alkyl halides is 3. The molecule has 0 saturated carbocycles. The Kier molecular flexibility index (Phi) is 4.46. The molecule has 1 heterocycles. The van der Waals surface area contributed by atoms with Gasteiger partial charge in [-0.1, -0.05) is 23.2 Å². The Bertz CT molecular complexity index is 966. The molecule has 0 fully saturated rings. The largest absolute Gasteiger partial charge is 0.431 e. The monoisotopic (exact) mass is 383 g/mol. The van der Waals surface area contributed by atoms with E-state index < -0.39 is 44.4 Å². The van der Waals surface area contributed by atoms with E-state index in [4.69, 9.17) is 23.2 Å². The summed E-state index contributed by atoms with van der Waals surface area (Å²) in [5.41, 5.74) is -5.80. The van der Waals surface area contributed by atoms with Crippen molar-refractivity contribution in [3.63, 3.8) is 0 Å². The van der Waals surface area contributed by atoms with E-state index in [1.54, 1.807) is 0 Å². The minimum Gasteiger partial charge on any atom is -0.292 e. The van der Waals surface area contributed by atoms with E-state index in [1.165, 1.54) is 0 Å². The van der Waals surface area contributed by atoms with Gasteiger partial charge in [0, 0.05) is 18.1 Å². The lowest BCUT2D eigenvalue weighted by molar-refractivity contribution is -0.384. The van der Waals surface area contributed by atoms with Crippen LogP contribution in [0.25, 0.3) is 5.69 Å². The summed E-state index contributed by atoms with van der Waals surface area (Å²) in [6, 6.07) is 2.05. The molecule has 0 unspecified atom stereocenters. The minimum absolute atomic E-state index is 0.144. The van der Waals surface area contributed by atoms with Gasteiger partial charge in [-0.25, -0.2) is 9.36 Å². The molecule has 0 bridgehead atoms. The summed E-state index contributed by atoms with van der Waals surface area (Å²) in [5.74, 6) is 0. The molecule has 0 radical (unpaired) electrons. The van der Waals surface area contributed by atoms with Gasteiger partial charge >= 0.3 is 17.6 Å². The van der Waals surface area contributed by atoms with Crippen LogP contribution in [0, 0.1) is 10.1 Å². The first-order valence-corrected chi connectivity index (χ1v) is 6.75. The third-order valence-electron chi connectivity index (χ3n) is 3.04. The van der Waals surface area contributed by atoms with E-state index in [9.17, 15) is 32.9 Å². The van der Waals surface area contributed by atoms with Gasteiger partial charge in [0.2, 0.25) is 0 Å². The second kappa shape index (κ2) is 5.95. The predicted molar refractivity (Wildman–Crippen MR) is 79.0 cm³/mol. The smallest absolute Gasteiger partial charge is 0.292 e. The summed E-state index contributed by atoms with van der Waals surface area (Å²) >= 11 is 11.4. The molecule has 128 valence electrons. The summed E-state index contributed by atoms with van der Waals surface area (Å²) < 4.78 is 38.8. The van der Waals surface area contributed by atoms with Gasteiger partial charge in [-0.05, 0) is 12.1 Å². The Morgan fingerprint density at radius 3 is 2.25 bits per heavy atom. The molecule has 1 aromatic carbocycles. The number of nitrogens with zero attached hydrogens (tertiary/aromatic N) is 3. The molecule has 2 rings (SSSR count). The lowest BCUT2D eigenvalue weighted by Crippen LogP contribution is -2.41. The van der Waals surface area contributed by atoms with Gasteiger partial charge in [0.15, 0.2) is 0 Å². The highest BCUT2D eigenvalue weighted by Gasteiger charge is 2.35. The lowest BCUT2D eigenvalue weighted by Gasteiger charge is -2.14. The van der Waals surface area contributed by atoms with Gasteiger partial charge in [0.1, 0.15) is 16.4 Å². The highest BCUT2D eigenvalue weighted by molar-refractivity contribution is 6.36. The summed E-state index contributed by atoms with van der Waals surface area (Å²) in [7, 11) is 0.777. The van der Waals surface area contributed by atoms with Gasteiger partial charge in [0.05, 0.1) is 4.92 Å². The fraction of sp³-hybridized carbons (Fsp3) is 0.167. The number of hydrogen-bond donors (Lipinski definition) is 0. The molecule has 24 heavy (non-hydrogen) atoms. The van der Waals surface area contributed by atoms with Gasteiger partial charge in [-0.3, -0.25) is 19.5 Å². The molecule has 0 aliphatic rings. The van der Waals surface area contributed by atoms with Crippen LogP contribution in [0.3, 0.4) is 0 Å². The van der Waals surface area contributed by atoms with Crippen LogP contribution in [0.15, 0.2) is 27.8 Å². The van der Waals surface area contributed by atoms with Crippen molar-refractivity contribution in [2.75, 3.05) is 0 Å². The van der Waals surface area contributed by atoms with Crippen LogP contribution in [-0.2, 0) is 13.2 Å². The van der Waals surface area contributed by atoms with Gasteiger partial charge < -0.3 is 0 Å². The van der Waals surface area contributed by atoms with Crippen molar-refractivity contribution in [1.82, 2.24) is 9.13 Å². The van der Waals surface area contributed by atoms with Crippen molar-refractivity contribution in [2.45, 2.75) is 6.18 Å². The van der Waals surface area contributed by atoms with Gasteiger partial charge in [-0.2, -0.15) is 13.2 Å². The second-order valence-electron chi connectivity index (χ2n) is 4.56. The first-order chi connectivity index (χ1) is 10.9.